The SMILES string of the molecule is CC1=CC(C(=O)N2CCC(=CC(=O)CC(=O)c3cncc(F)c3)CC2)CC=C1OC(C)C. The summed E-state index contributed by atoms with van der Waals surface area (Å²) in [7, 11) is 0. The lowest BCUT2D eigenvalue weighted by molar-refractivity contribution is -0.134. The van der Waals surface area contributed by atoms with E-state index in [4.69, 9.17) is 4.74 Å². The lowest BCUT2D eigenvalue weighted by atomic mass is 9.92. The monoisotopic (exact) mass is 440 g/mol. The molecule has 0 saturated carbocycles. The summed E-state index contributed by atoms with van der Waals surface area (Å²) in [5.74, 6) is -0.652. The Morgan fingerprint density at radius 2 is 1.97 bits per heavy atom. The van der Waals surface area contributed by atoms with Gasteiger partial charge in [0.2, 0.25) is 5.91 Å². The van der Waals surface area contributed by atoms with E-state index in [0.29, 0.717) is 32.4 Å². The van der Waals surface area contributed by atoms with Crippen LogP contribution in [0.5, 0.6) is 0 Å². The minimum Gasteiger partial charge on any atom is -0.491 e. The van der Waals surface area contributed by atoms with Gasteiger partial charge in [0.05, 0.1) is 24.6 Å². The number of hydrogen-bond acceptors (Lipinski definition) is 5. The number of rotatable bonds is 7. The van der Waals surface area contributed by atoms with Crippen molar-refractivity contribution in [3.05, 3.63) is 65.0 Å². The van der Waals surface area contributed by atoms with Gasteiger partial charge >= 0.3 is 0 Å². The van der Waals surface area contributed by atoms with E-state index in [2.05, 4.69) is 4.98 Å². The van der Waals surface area contributed by atoms with E-state index >= 15 is 0 Å². The number of carbonyl (C=O) groups excluding carboxylic acids is 3. The first-order valence-corrected chi connectivity index (χ1v) is 10.9. The maximum Gasteiger partial charge on any atom is 0.229 e. The van der Waals surface area contributed by atoms with E-state index in [0.717, 1.165) is 29.2 Å². The summed E-state index contributed by atoms with van der Waals surface area (Å²) in [6, 6.07) is 1.08. The van der Waals surface area contributed by atoms with Gasteiger partial charge in [-0.05, 0) is 63.8 Å². The average molecular weight is 441 g/mol. The third-order valence-electron chi connectivity index (χ3n) is 5.52. The summed E-state index contributed by atoms with van der Waals surface area (Å²) < 4.78 is 19.0. The van der Waals surface area contributed by atoms with Crippen LogP contribution in [0.2, 0.25) is 0 Å². The van der Waals surface area contributed by atoms with Gasteiger partial charge in [0.15, 0.2) is 11.6 Å². The summed E-state index contributed by atoms with van der Waals surface area (Å²) in [6.07, 6.45) is 9.30. The van der Waals surface area contributed by atoms with Gasteiger partial charge in [-0.1, -0.05) is 11.6 Å². The number of aromatic nitrogens is 1. The number of piperidine rings is 1. The Labute approximate surface area is 187 Å². The van der Waals surface area contributed by atoms with Gasteiger partial charge in [0.25, 0.3) is 0 Å². The zero-order valence-electron chi connectivity index (χ0n) is 18.8. The average Bonchev–Trinajstić information content (AvgIpc) is 2.75. The molecule has 0 N–H and O–H groups in total. The van der Waals surface area contributed by atoms with Crippen LogP contribution < -0.4 is 0 Å². The Balaban J connectivity index is 1.51. The lowest BCUT2D eigenvalue weighted by Gasteiger charge is -2.32. The molecule has 0 bridgehead atoms. The van der Waals surface area contributed by atoms with Crippen LogP contribution in [0, 0.1) is 11.7 Å². The molecular weight excluding hydrogens is 411 g/mol. The number of Topliss-reactive ketones (excluding diaryl/α,β-unsaturated/α-hetero) is 1. The molecule has 1 aliphatic carbocycles. The maximum atomic E-state index is 13.2. The topological polar surface area (TPSA) is 76.6 Å². The van der Waals surface area contributed by atoms with Gasteiger partial charge in [0, 0.05) is 24.8 Å². The molecule has 170 valence electrons. The molecule has 1 saturated heterocycles. The summed E-state index contributed by atoms with van der Waals surface area (Å²) in [5, 5.41) is 0. The van der Waals surface area contributed by atoms with Crippen molar-refractivity contribution in [2.24, 2.45) is 5.92 Å². The maximum absolute atomic E-state index is 13.2. The van der Waals surface area contributed by atoms with Gasteiger partial charge in [-0.3, -0.25) is 19.4 Å². The highest BCUT2D eigenvalue weighted by Crippen LogP contribution is 2.27. The largest absolute Gasteiger partial charge is 0.491 e. The zero-order chi connectivity index (χ0) is 23.3. The number of allylic oxidation sites excluding steroid dienone is 3. The summed E-state index contributed by atoms with van der Waals surface area (Å²) in [6.45, 7) is 6.99. The minimum absolute atomic E-state index is 0.0864. The number of halogens is 1. The number of nitrogens with zero attached hydrogens (tertiary/aromatic N) is 2. The smallest absolute Gasteiger partial charge is 0.229 e. The Morgan fingerprint density at radius 1 is 1.25 bits per heavy atom. The van der Waals surface area contributed by atoms with E-state index in [1.165, 1.54) is 12.3 Å². The van der Waals surface area contributed by atoms with E-state index in [1.54, 1.807) is 0 Å². The molecule has 7 heteroatoms. The predicted molar refractivity (Wildman–Crippen MR) is 118 cm³/mol. The molecule has 2 heterocycles. The molecule has 6 nitrogen and oxygen atoms in total. The number of ketones is 2. The molecule has 0 spiro atoms. The van der Waals surface area contributed by atoms with Crippen LogP contribution >= 0.6 is 0 Å². The van der Waals surface area contributed by atoms with Gasteiger partial charge in [-0.15, -0.1) is 0 Å². The van der Waals surface area contributed by atoms with Gasteiger partial charge < -0.3 is 9.64 Å². The molecule has 3 rings (SSSR count). The minimum atomic E-state index is -0.610. The lowest BCUT2D eigenvalue weighted by Crippen LogP contribution is -2.40. The molecule has 1 aromatic heterocycles. The number of hydrogen-bond donors (Lipinski definition) is 0. The molecule has 0 aromatic carbocycles. The van der Waals surface area contributed by atoms with E-state index in [-0.39, 0.29) is 35.7 Å². The Kier molecular flexibility index (Phi) is 7.72. The first kappa shape index (κ1) is 23.6. The molecular formula is C25H29FN2O4. The van der Waals surface area contributed by atoms with Gasteiger partial charge in [-0.2, -0.15) is 0 Å². The van der Waals surface area contributed by atoms with Crippen molar-refractivity contribution in [1.29, 1.82) is 0 Å². The third kappa shape index (κ3) is 6.22. The first-order chi connectivity index (χ1) is 15.2. The second-order valence-corrected chi connectivity index (χ2v) is 8.51. The summed E-state index contributed by atoms with van der Waals surface area (Å²) >= 11 is 0. The molecule has 0 radical (unpaired) electrons. The van der Waals surface area contributed by atoms with Crippen molar-refractivity contribution in [3.63, 3.8) is 0 Å². The van der Waals surface area contributed by atoms with Crippen LogP contribution in [0.4, 0.5) is 4.39 Å². The molecule has 1 amide bonds. The van der Waals surface area contributed by atoms with Crippen molar-refractivity contribution in [2.75, 3.05) is 13.1 Å². The fourth-order valence-corrected chi connectivity index (χ4v) is 3.91. The summed E-state index contributed by atoms with van der Waals surface area (Å²) in [4.78, 5) is 42.8. The van der Waals surface area contributed by atoms with Crippen molar-refractivity contribution < 1.29 is 23.5 Å². The number of likely N-dealkylation sites (tertiary alicyclic amines) is 1. The second-order valence-electron chi connectivity index (χ2n) is 8.51. The van der Waals surface area contributed by atoms with Crippen molar-refractivity contribution in [1.82, 2.24) is 9.88 Å². The molecule has 1 atom stereocenters. The van der Waals surface area contributed by atoms with Gasteiger partial charge in [-0.25, -0.2) is 4.39 Å². The van der Waals surface area contributed by atoms with Crippen LogP contribution in [0.3, 0.4) is 0 Å². The highest BCUT2D eigenvalue weighted by Gasteiger charge is 2.27. The predicted octanol–water partition coefficient (Wildman–Crippen LogP) is 4.19. The van der Waals surface area contributed by atoms with Crippen molar-refractivity contribution in [2.45, 2.75) is 52.6 Å². The molecule has 1 aliphatic heterocycles. The van der Waals surface area contributed by atoms with Crippen LogP contribution in [-0.2, 0) is 14.3 Å². The van der Waals surface area contributed by atoms with Crippen LogP contribution in [-0.4, -0.2) is 46.6 Å². The molecule has 32 heavy (non-hydrogen) atoms. The first-order valence-electron chi connectivity index (χ1n) is 10.9. The number of pyridine rings is 1. The fourth-order valence-electron chi connectivity index (χ4n) is 3.91. The van der Waals surface area contributed by atoms with Crippen LogP contribution in [0.15, 0.2) is 53.6 Å². The van der Waals surface area contributed by atoms with Crippen LogP contribution in [0.1, 0.15) is 56.8 Å². The highest BCUT2D eigenvalue weighted by atomic mass is 19.1. The second kappa shape index (κ2) is 10.5. The molecule has 1 unspecified atom stereocenters. The van der Waals surface area contributed by atoms with Gasteiger partial charge in [0.1, 0.15) is 11.6 Å². The summed E-state index contributed by atoms with van der Waals surface area (Å²) in [5.41, 5.74) is 1.99. The Morgan fingerprint density at radius 3 is 2.59 bits per heavy atom. The zero-order valence-corrected chi connectivity index (χ0v) is 18.8. The van der Waals surface area contributed by atoms with E-state index in [1.807, 2.05) is 37.8 Å². The Bertz CT molecular complexity index is 983. The van der Waals surface area contributed by atoms with Crippen LogP contribution in [0.25, 0.3) is 0 Å². The highest BCUT2D eigenvalue weighted by molar-refractivity contribution is 6.11. The standard InChI is InChI=1S/C25H29FN2O4/c1-16(2)32-24-5-4-19(10-17(24)3)25(31)28-8-6-18(7-9-28)11-22(29)13-23(30)20-12-21(26)15-27-14-20/h5,10-12,14-16,19H,4,6-9,13H2,1-3H3. The molecule has 1 fully saturated rings. The third-order valence-corrected chi connectivity index (χ3v) is 5.52. The number of carbonyl (C=O) groups is 3. The fraction of sp³-hybridized carbons (Fsp3) is 0.440. The Hall–Kier alpha value is -3.09. The molecule has 2 aliphatic rings. The van der Waals surface area contributed by atoms with Crippen molar-refractivity contribution in [3.8, 4) is 0 Å². The normalized spacial score (nSPS) is 18.7. The number of ether oxygens (including phenoxy) is 1. The number of amides is 1. The molecule has 1 aromatic rings. The van der Waals surface area contributed by atoms with Crippen molar-refractivity contribution >= 4 is 17.5 Å². The van der Waals surface area contributed by atoms with E-state index in [9.17, 15) is 18.8 Å². The quantitative estimate of drug-likeness (QED) is 0.361. The van der Waals surface area contributed by atoms with E-state index < -0.39 is 11.6 Å².